The molecule has 0 atom stereocenters. The highest BCUT2D eigenvalue weighted by Gasteiger charge is 2.53. The molecule has 1 aliphatic heterocycles. The summed E-state index contributed by atoms with van der Waals surface area (Å²) < 4.78 is 18.7. The fraction of sp³-hybridized carbons (Fsp3) is 0.429. The van der Waals surface area contributed by atoms with Crippen LogP contribution in [0.5, 0.6) is 17.2 Å². The molecule has 1 aliphatic carbocycles. The van der Waals surface area contributed by atoms with Gasteiger partial charge in [0.1, 0.15) is 5.82 Å². The number of ether oxygens (including phenoxy) is 3. The fourth-order valence-electron chi connectivity index (χ4n) is 5.40. The van der Waals surface area contributed by atoms with E-state index in [4.69, 9.17) is 30.8 Å². The van der Waals surface area contributed by atoms with E-state index in [-0.39, 0.29) is 11.3 Å². The summed E-state index contributed by atoms with van der Waals surface area (Å²) in [5.41, 5.74) is 1.76. The Hall–Kier alpha value is -3.19. The van der Waals surface area contributed by atoms with Crippen molar-refractivity contribution in [1.82, 2.24) is 14.5 Å². The standard InChI is InChI=1S/C28H32ClN3O4/c1-34-23-16-19(17-24(35-2)25(23)36-3)18-32-15-12-30-26(32)20-8-13-31(14-9-20)27(33)28(10-11-28)21-4-6-22(29)7-5-21/h4-7,12,15-17,20H,8-11,13-14,18H2,1-3H3. The van der Waals surface area contributed by atoms with E-state index in [2.05, 4.69) is 4.57 Å². The van der Waals surface area contributed by atoms with Crippen LogP contribution in [0.1, 0.15) is 48.6 Å². The first kappa shape index (κ1) is 24.5. The number of hydrogen-bond donors (Lipinski definition) is 0. The number of hydrogen-bond acceptors (Lipinski definition) is 5. The smallest absolute Gasteiger partial charge is 0.233 e. The van der Waals surface area contributed by atoms with E-state index in [1.165, 1.54) is 0 Å². The van der Waals surface area contributed by atoms with Gasteiger partial charge in [-0.25, -0.2) is 4.98 Å². The summed E-state index contributed by atoms with van der Waals surface area (Å²) in [7, 11) is 4.85. The number of rotatable bonds is 8. The fourth-order valence-corrected chi connectivity index (χ4v) is 5.53. The zero-order valence-electron chi connectivity index (χ0n) is 21.0. The molecule has 8 heteroatoms. The van der Waals surface area contributed by atoms with Gasteiger partial charge in [-0.15, -0.1) is 0 Å². The lowest BCUT2D eigenvalue weighted by atomic mass is 9.91. The second kappa shape index (κ2) is 10.1. The predicted molar refractivity (Wildman–Crippen MR) is 138 cm³/mol. The van der Waals surface area contributed by atoms with Gasteiger partial charge >= 0.3 is 0 Å². The van der Waals surface area contributed by atoms with Crippen LogP contribution in [-0.4, -0.2) is 54.8 Å². The molecule has 1 saturated heterocycles. The van der Waals surface area contributed by atoms with E-state index < -0.39 is 0 Å². The Labute approximate surface area is 216 Å². The average molecular weight is 510 g/mol. The number of amides is 1. The molecule has 2 aromatic carbocycles. The lowest BCUT2D eigenvalue weighted by Crippen LogP contribution is -2.44. The highest BCUT2D eigenvalue weighted by Crippen LogP contribution is 2.50. The summed E-state index contributed by atoms with van der Waals surface area (Å²) in [6, 6.07) is 11.7. The minimum Gasteiger partial charge on any atom is -0.493 e. The van der Waals surface area contributed by atoms with Crippen LogP contribution >= 0.6 is 11.6 Å². The van der Waals surface area contributed by atoms with E-state index >= 15 is 0 Å². The van der Waals surface area contributed by atoms with Gasteiger partial charge in [-0.3, -0.25) is 4.79 Å². The van der Waals surface area contributed by atoms with Gasteiger partial charge in [-0.05, 0) is 61.1 Å². The van der Waals surface area contributed by atoms with Crippen molar-refractivity contribution < 1.29 is 19.0 Å². The maximum Gasteiger partial charge on any atom is 0.233 e. The van der Waals surface area contributed by atoms with Crippen molar-refractivity contribution >= 4 is 17.5 Å². The van der Waals surface area contributed by atoms with E-state index in [0.29, 0.717) is 34.7 Å². The van der Waals surface area contributed by atoms with Gasteiger partial charge in [0.25, 0.3) is 0 Å². The second-order valence-electron chi connectivity index (χ2n) is 9.60. The van der Waals surface area contributed by atoms with Crippen LogP contribution in [-0.2, 0) is 16.8 Å². The summed E-state index contributed by atoms with van der Waals surface area (Å²) in [5.74, 6) is 3.46. The van der Waals surface area contributed by atoms with Gasteiger partial charge in [0, 0.05) is 43.0 Å². The molecule has 2 aliphatic rings. The van der Waals surface area contributed by atoms with Crippen LogP contribution in [0, 0.1) is 0 Å². The topological polar surface area (TPSA) is 65.8 Å². The number of aromatic nitrogens is 2. The van der Waals surface area contributed by atoms with Gasteiger partial charge in [0.15, 0.2) is 11.5 Å². The average Bonchev–Trinajstić information content (AvgIpc) is 3.60. The third kappa shape index (κ3) is 4.52. The SMILES string of the molecule is COc1cc(Cn2ccnc2C2CCN(C(=O)C3(c4ccc(Cl)cc4)CC3)CC2)cc(OC)c1OC. The van der Waals surface area contributed by atoms with Crippen molar-refractivity contribution in [3.8, 4) is 17.2 Å². The lowest BCUT2D eigenvalue weighted by molar-refractivity contribution is -0.135. The number of methoxy groups -OCH3 is 3. The lowest BCUT2D eigenvalue weighted by Gasteiger charge is -2.34. The summed E-state index contributed by atoms with van der Waals surface area (Å²) in [6.45, 7) is 2.14. The second-order valence-corrected chi connectivity index (χ2v) is 10.0. The number of halogens is 1. The Kier molecular flexibility index (Phi) is 6.84. The quantitative estimate of drug-likeness (QED) is 0.425. The molecule has 2 heterocycles. The van der Waals surface area contributed by atoms with E-state index in [1.54, 1.807) is 21.3 Å². The van der Waals surface area contributed by atoms with Crippen LogP contribution in [0.4, 0.5) is 0 Å². The molecule has 3 aromatic rings. The molecule has 5 rings (SSSR count). The molecule has 1 aromatic heterocycles. The molecule has 0 spiro atoms. The number of carbonyl (C=O) groups is 1. The Morgan fingerprint density at radius 1 is 1.03 bits per heavy atom. The molecule has 0 radical (unpaired) electrons. The molecule has 0 unspecified atom stereocenters. The number of carbonyl (C=O) groups excluding carboxylic acids is 1. The van der Waals surface area contributed by atoms with E-state index in [9.17, 15) is 4.79 Å². The van der Waals surface area contributed by atoms with Gasteiger partial charge in [0.05, 0.1) is 26.7 Å². The van der Waals surface area contributed by atoms with Gasteiger partial charge in [-0.1, -0.05) is 23.7 Å². The molecule has 190 valence electrons. The van der Waals surface area contributed by atoms with Crippen molar-refractivity contribution in [1.29, 1.82) is 0 Å². The maximum atomic E-state index is 13.5. The first-order valence-electron chi connectivity index (χ1n) is 12.3. The minimum absolute atomic E-state index is 0.254. The third-order valence-electron chi connectivity index (χ3n) is 7.53. The Bertz CT molecular complexity index is 1200. The van der Waals surface area contributed by atoms with Crippen LogP contribution in [0.25, 0.3) is 0 Å². The van der Waals surface area contributed by atoms with Crippen molar-refractivity contribution in [3.63, 3.8) is 0 Å². The molecule has 2 fully saturated rings. The molecule has 7 nitrogen and oxygen atoms in total. The summed E-state index contributed by atoms with van der Waals surface area (Å²) >= 11 is 6.06. The first-order chi connectivity index (χ1) is 17.5. The van der Waals surface area contributed by atoms with Crippen LogP contribution in [0.2, 0.25) is 5.02 Å². The Morgan fingerprint density at radius 3 is 2.22 bits per heavy atom. The summed E-state index contributed by atoms with van der Waals surface area (Å²) in [4.78, 5) is 20.2. The molecule has 1 amide bonds. The highest BCUT2D eigenvalue weighted by molar-refractivity contribution is 6.30. The largest absolute Gasteiger partial charge is 0.493 e. The molecular weight excluding hydrogens is 478 g/mol. The van der Waals surface area contributed by atoms with E-state index in [1.807, 2.05) is 53.7 Å². The Morgan fingerprint density at radius 2 is 1.67 bits per heavy atom. The number of imidazole rings is 1. The highest BCUT2D eigenvalue weighted by atomic mass is 35.5. The minimum atomic E-state index is -0.359. The monoisotopic (exact) mass is 509 g/mol. The van der Waals surface area contributed by atoms with Crippen molar-refractivity contribution in [2.24, 2.45) is 0 Å². The first-order valence-corrected chi connectivity index (χ1v) is 12.7. The predicted octanol–water partition coefficient (Wildman–Crippen LogP) is 5.05. The normalized spacial score (nSPS) is 17.1. The number of likely N-dealkylation sites (tertiary alicyclic amines) is 1. The molecule has 0 N–H and O–H groups in total. The zero-order valence-corrected chi connectivity index (χ0v) is 21.8. The summed E-state index contributed by atoms with van der Waals surface area (Å²) in [5, 5.41) is 0.699. The van der Waals surface area contributed by atoms with Crippen molar-refractivity contribution in [3.05, 3.63) is 70.8 Å². The van der Waals surface area contributed by atoms with Crippen molar-refractivity contribution in [2.75, 3.05) is 34.4 Å². The Balaban J connectivity index is 1.27. The van der Waals surface area contributed by atoms with E-state index in [0.717, 1.165) is 55.7 Å². The van der Waals surface area contributed by atoms with Crippen LogP contribution in [0.3, 0.4) is 0 Å². The number of piperidine rings is 1. The van der Waals surface area contributed by atoms with Crippen LogP contribution < -0.4 is 14.2 Å². The summed E-state index contributed by atoms with van der Waals surface area (Å²) in [6.07, 6.45) is 7.48. The van der Waals surface area contributed by atoms with Gasteiger partial charge in [0.2, 0.25) is 11.7 Å². The van der Waals surface area contributed by atoms with Gasteiger partial charge < -0.3 is 23.7 Å². The maximum absolute atomic E-state index is 13.5. The molecule has 1 saturated carbocycles. The molecular formula is C28H32ClN3O4. The molecule has 0 bridgehead atoms. The number of nitrogens with zero attached hydrogens (tertiary/aromatic N) is 3. The molecule has 36 heavy (non-hydrogen) atoms. The van der Waals surface area contributed by atoms with Crippen molar-refractivity contribution in [2.45, 2.75) is 43.6 Å². The van der Waals surface area contributed by atoms with Gasteiger partial charge in [-0.2, -0.15) is 0 Å². The van der Waals surface area contributed by atoms with Crippen LogP contribution in [0.15, 0.2) is 48.8 Å². The third-order valence-corrected chi connectivity index (χ3v) is 7.78. The zero-order chi connectivity index (χ0) is 25.3. The number of benzene rings is 2.